The lowest BCUT2D eigenvalue weighted by molar-refractivity contribution is 0.0873. The topological polar surface area (TPSA) is 84.7 Å². The largest absolute Gasteiger partial charge is 0.349 e. The first-order valence-electron chi connectivity index (χ1n) is 8.26. The number of piperidine rings is 1. The van der Waals surface area contributed by atoms with Crippen molar-refractivity contribution < 1.29 is 4.79 Å². The highest BCUT2D eigenvalue weighted by Gasteiger charge is 2.38. The second-order valence-corrected chi connectivity index (χ2v) is 8.28. The molecule has 3 heterocycles. The number of carbonyl (C=O) groups is 1. The molecule has 7 nitrogen and oxygen atoms in total. The van der Waals surface area contributed by atoms with Crippen LogP contribution in [-0.4, -0.2) is 42.8 Å². The fourth-order valence-electron chi connectivity index (χ4n) is 3.67. The Balaban J connectivity index is 1.71. The second-order valence-electron chi connectivity index (χ2n) is 7.85. The number of nitrogens with one attached hydrogen (secondary N) is 2. The molecule has 1 fully saturated rings. The molecule has 0 aliphatic carbocycles. The lowest BCUT2D eigenvalue weighted by Crippen LogP contribution is -2.62. The number of carbonyl (C=O) groups excluding carboxylic acids is 1. The van der Waals surface area contributed by atoms with Crippen LogP contribution in [-0.2, 0) is 0 Å². The Bertz CT molecular complexity index is 752. The molecule has 0 spiro atoms. The van der Waals surface area contributed by atoms with Crippen LogP contribution in [0.25, 0.3) is 5.95 Å². The van der Waals surface area contributed by atoms with Gasteiger partial charge in [0.05, 0.1) is 29.2 Å². The molecule has 2 N–H and O–H groups in total. The SMILES string of the molecule is CC1(C)CC(NC(=O)c2cnn(-c3ncc(Cl)cn3)c2)CC(C)(C)N1. The van der Waals surface area contributed by atoms with E-state index in [2.05, 4.69) is 53.4 Å². The van der Waals surface area contributed by atoms with Crippen molar-refractivity contribution in [3.63, 3.8) is 0 Å². The number of rotatable bonds is 3. The van der Waals surface area contributed by atoms with Gasteiger partial charge in [0, 0.05) is 23.3 Å². The molecule has 25 heavy (non-hydrogen) atoms. The Hall–Kier alpha value is -1.99. The molecule has 0 unspecified atom stereocenters. The van der Waals surface area contributed by atoms with Crippen molar-refractivity contribution in [3.05, 3.63) is 35.4 Å². The highest BCUT2D eigenvalue weighted by molar-refractivity contribution is 6.30. The Morgan fingerprint density at radius 3 is 2.40 bits per heavy atom. The summed E-state index contributed by atoms with van der Waals surface area (Å²) in [5.74, 6) is 0.228. The Labute approximate surface area is 152 Å². The number of halogens is 1. The Morgan fingerprint density at radius 2 is 1.80 bits per heavy atom. The van der Waals surface area contributed by atoms with Gasteiger partial charge >= 0.3 is 0 Å². The van der Waals surface area contributed by atoms with Gasteiger partial charge in [0.15, 0.2) is 0 Å². The van der Waals surface area contributed by atoms with E-state index in [-0.39, 0.29) is 23.0 Å². The standard InChI is InChI=1S/C17H23ClN6O/c1-16(2)5-13(6-17(3,4)23-16)22-14(25)11-7-21-24(10-11)15-19-8-12(18)9-20-15/h7-10,13,23H,5-6H2,1-4H3,(H,22,25). The number of nitrogens with zero attached hydrogens (tertiary/aromatic N) is 4. The molecule has 134 valence electrons. The van der Waals surface area contributed by atoms with Gasteiger partial charge < -0.3 is 10.6 Å². The average Bonchev–Trinajstić information content (AvgIpc) is 2.94. The third-order valence-corrected chi connectivity index (χ3v) is 4.38. The quantitative estimate of drug-likeness (QED) is 0.875. The molecule has 1 amide bonds. The van der Waals surface area contributed by atoms with Gasteiger partial charge in [0.2, 0.25) is 0 Å². The second kappa shape index (κ2) is 6.38. The third kappa shape index (κ3) is 4.35. The number of aromatic nitrogens is 4. The molecule has 0 atom stereocenters. The van der Waals surface area contributed by atoms with Crippen LogP contribution in [0.5, 0.6) is 0 Å². The first-order chi connectivity index (χ1) is 11.6. The molecule has 0 saturated carbocycles. The van der Waals surface area contributed by atoms with Crippen molar-refractivity contribution in [2.45, 2.75) is 57.7 Å². The zero-order valence-electron chi connectivity index (χ0n) is 14.9. The van der Waals surface area contributed by atoms with Crippen LogP contribution in [0.4, 0.5) is 0 Å². The minimum absolute atomic E-state index is 0.0268. The van der Waals surface area contributed by atoms with Crippen LogP contribution in [0.15, 0.2) is 24.8 Å². The summed E-state index contributed by atoms with van der Waals surface area (Å²) < 4.78 is 1.46. The summed E-state index contributed by atoms with van der Waals surface area (Å²) in [5.41, 5.74) is 0.426. The minimum atomic E-state index is -0.140. The molecule has 2 aromatic heterocycles. The van der Waals surface area contributed by atoms with E-state index in [1.807, 2.05) is 0 Å². The normalized spacial score (nSPS) is 19.6. The fraction of sp³-hybridized carbons (Fsp3) is 0.529. The molecule has 8 heteroatoms. The van der Waals surface area contributed by atoms with Crippen LogP contribution < -0.4 is 10.6 Å². The number of hydrogen-bond donors (Lipinski definition) is 2. The lowest BCUT2D eigenvalue weighted by atomic mass is 9.79. The van der Waals surface area contributed by atoms with E-state index in [9.17, 15) is 4.79 Å². The van der Waals surface area contributed by atoms with E-state index in [1.165, 1.54) is 23.3 Å². The van der Waals surface area contributed by atoms with Crippen LogP contribution in [0, 0.1) is 0 Å². The van der Waals surface area contributed by atoms with Crippen LogP contribution in [0.1, 0.15) is 50.9 Å². The Kier molecular flexibility index (Phi) is 4.55. The zero-order valence-corrected chi connectivity index (χ0v) is 15.6. The minimum Gasteiger partial charge on any atom is -0.349 e. The van der Waals surface area contributed by atoms with Crippen molar-refractivity contribution >= 4 is 17.5 Å². The molecule has 1 aliphatic rings. The number of amides is 1. The Morgan fingerprint density at radius 1 is 1.20 bits per heavy atom. The third-order valence-electron chi connectivity index (χ3n) is 4.18. The van der Waals surface area contributed by atoms with Crippen LogP contribution in [0.2, 0.25) is 5.02 Å². The van der Waals surface area contributed by atoms with Gasteiger partial charge in [-0.25, -0.2) is 14.6 Å². The molecular formula is C17H23ClN6O. The smallest absolute Gasteiger partial charge is 0.254 e. The number of hydrogen-bond acceptors (Lipinski definition) is 5. The van der Waals surface area contributed by atoms with E-state index in [0.29, 0.717) is 16.5 Å². The van der Waals surface area contributed by atoms with Crippen LogP contribution >= 0.6 is 11.6 Å². The highest BCUT2D eigenvalue weighted by Crippen LogP contribution is 2.28. The molecular weight excluding hydrogens is 340 g/mol. The van der Waals surface area contributed by atoms with E-state index in [4.69, 9.17) is 11.6 Å². The van der Waals surface area contributed by atoms with Gasteiger partial charge in [-0.05, 0) is 40.5 Å². The van der Waals surface area contributed by atoms with E-state index < -0.39 is 0 Å². The van der Waals surface area contributed by atoms with Crippen molar-refractivity contribution in [1.82, 2.24) is 30.4 Å². The molecule has 0 aromatic carbocycles. The van der Waals surface area contributed by atoms with Crippen LogP contribution in [0.3, 0.4) is 0 Å². The van der Waals surface area contributed by atoms with Crippen molar-refractivity contribution in [2.24, 2.45) is 0 Å². The molecule has 2 aromatic rings. The zero-order chi connectivity index (χ0) is 18.2. The monoisotopic (exact) mass is 362 g/mol. The highest BCUT2D eigenvalue weighted by atomic mass is 35.5. The lowest BCUT2D eigenvalue weighted by Gasteiger charge is -2.46. The van der Waals surface area contributed by atoms with Gasteiger partial charge in [-0.3, -0.25) is 4.79 Å². The summed E-state index contributed by atoms with van der Waals surface area (Å²) in [7, 11) is 0. The molecule has 3 rings (SSSR count). The van der Waals surface area contributed by atoms with Gasteiger partial charge in [-0.1, -0.05) is 11.6 Å². The van der Waals surface area contributed by atoms with Gasteiger partial charge in [0.1, 0.15) is 0 Å². The molecule has 1 aliphatic heterocycles. The van der Waals surface area contributed by atoms with Crippen molar-refractivity contribution in [1.29, 1.82) is 0 Å². The maximum atomic E-state index is 12.6. The summed E-state index contributed by atoms with van der Waals surface area (Å²) in [6, 6.07) is 0.105. The van der Waals surface area contributed by atoms with E-state index in [1.54, 1.807) is 6.20 Å². The molecule has 1 saturated heterocycles. The van der Waals surface area contributed by atoms with Gasteiger partial charge in [-0.2, -0.15) is 5.10 Å². The summed E-state index contributed by atoms with van der Waals surface area (Å²) >= 11 is 5.79. The summed E-state index contributed by atoms with van der Waals surface area (Å²) in [6.45, 7) is 8.62. The maximum Gasteiger partial charge on any atom is 0.254 e. The predicted octanol–water partition coefficient (Wildman–Crippen LogP) is 2.35. The summed E-state index contributed by atoms with van der Waals surface area (Å²) in [5, 5.41) is 11.3. The summed E-state index contributed by atoms with van der Waals surface area (Å²) in [4.78, 5) is 20.8. The van der Waals surface area contributed by atoms with Crippen molar-refractivity contribution in [2.75, 3.05) is 0 Å². The fourth-order valence-corrected chi connectivity index (χ4v) is 3.76. The molecule has 0 bridgehead atoms. The van der Waals surface area contributed by atoms with Crippen molar-refractivity contribution in [3.8, 4) is 5.95 Å². The molecule has 0 radical (unpaired) electrons. The first kappa shape index (κ1) is 17.8. The van der Waals surface area contributed by atoms with E-state index in [0.717, 1.165) is 12.8 Å². The van der Waals surface area contributed by atoms with E-state index >= 15 is 0 Å². The first-order valence-corrected chi connectivity index (χ1v) is 8.64. The maximum absolute atomic E-state index is 12.6. The average molecular weight is 363 g/mol. The summed E-state index contributed by atoms with van der Waals surface area (Å²) in [6.07, 6.45) is 7.86. The predicted molar refractivity (Wildman–Crippen MR) is 95.9 cm³/mol. The van der Waals surface area contributed by atoms with Gasteiger partial charge in [0.25, 0.3) is 11.9 Å². The van der Waals surface area contributed by atoms with Gasteiger partial charge in [-0.15, -0.1) is 0 Å².